The van der Waals surface area contributed by atoms with Crippen molar-refractivity contribution in [3.63, 3.8) is 0 Å². The molecule has 9 nitrogen and oxygen atoms in total. The van der Waals surface area contributed by atoms with Gasteiger partial charge in [0.25, 0.3) is 11.5 Å². The highest BCUT2D eigenvalue weighted by Gasteiger charge is 2.27. The molecule has 0 aliphatic heterocycles. The number of carbonyl (C=O) groups excluding carboxylic acids is 1. The number of hydrogen-bond acceptors (Lipinski definition) is 8. The molecule has 2 aromatic heterocycles. The molecule has 1 aliphatic carbocycles. The second-order valence-corrected chi connectivity index (χ2v) is 12.1. The van der Waals surface area contributed by atoms with E-state index in [2.05, 4.69) is 15.3 Å². The number of rotatable bonds is 10. The van der Waals surface area contributed by atoms with Crippen LogP contribution >= 0.6 is 11.3 Å². The summed E-state index contributed by atoms with van der Waals surface area (Å²) in [7, 11) is -1.39. The lowest BCUT2D eigenvalue weighted by Gasteiger charge is -2.11. The molecule has 0 radical (unpaired) electrons. The van der Waals surface area contributed by atoms with Gasteiger partial charge in [0.1, 0.15) is 20.4 Å². The van der Waals surface area contributed by atoms with Gasteiger partial charge in [-0.15, -0.1) is 11.3 Å². The van der Waals surface area contributed by atoms with E-state index >= 15 is 0 Å². The van der Waals surface area contributed by atoms with Crippen molar-refractivity contribution in [1.29, 1.82) is 0 Å². The zero-order chi connectivity index (χ0) is 25.0. The number of aromatic amines is 1. The summed E-state index contributed by atoms with van der Waals surface area (Å²) in [5.41, 5.74) is 1.21. The maximum atomic E-state index is 12.7. The van der Waals surface area contributed by atoms with Crippen LogP contribution in [0, 0.1) is 11.8 Å². The maximum Gasteiger partial charge on any atom is 0.287 e. The fraction of sp³-hybridized carbons (Fsp3) is 0.458. The first-order valence-corrected chi connectivity index (χ1v) is 14.3. The summed E-state index contributed by atoms with van der Waals surface area (Å²) in [5, 5.41) is 5.02. The molecule has 1 fully saturated rings. The van der Waals surface area contributed by atoms with E-state index in [0.717, 1.165) is 30.4 Å². The Bertz CT molecular complexity index is 1370. The first-order chi connectivity index (χ1) is 16.7. The van der Waals surface area contributed by atoms with Gasteiger partial charge in [-0.1, -0.05) is 12.1 Å². The number of nitrogens with zero attached hydrogens (tertiary/aromatic N) is 1. The molecule has 35 heavy (non-hydrogen) atoms. The Labute approximate surface area is 207 Å². The number of fused-ring (bicyclic) bond motifs is 1. The van der Waals surface area contributed by atoms with Gasteiger partial charge in [-0.3, -0.25) is 9.59 Å². The lowest BCUT2D eigenvalue weighted by molar-refractivity contribution is 0.0887. The van der Waals surface area contributed by atoms with E-state index in [9.17, 15) is 18.0 Å². The second-order valence-electron chi connectivity index (χ2n) is 9.04. The predicted octanol–water partition coefficient (Wildman–Crippen LogP) is 2.90. The summed E-state index contributed by atoms with van der Waals surface area (Å²) >= 11 is 1.29. The minimum Gasteiger partial charge on any atom is -0.497 e. The summed E-state index contributed by atoms with van der Waals surface area (Å²) in [6, 6.07) is 7.34. The van der Waals surface area contributed by atoms with Crippen molar-refractivity contribution in [3.8, 4) is 5.75 Å². The van der Waals surface area contributed by atoms with Crippen LogP contribution in [-0.4, -0.2) is 50.0 Å². The number of benzene rings is 1. The number of sulfone groups is 1. The summed E-state index contributed by atoms with van der Waals surface area (Å²) in [6.45, 7) is 1.06. The highest BCUT2D eigenvalue weighted by atomic mass is 32.2. The van der Waals surface area contributed by atoms with Crippen LogP contribution in [0.25, 0.3) is 10.2 Å². The fourth-order valence-corrected chi connectivity index (χ4v) is 6.60. The summed E-state index contributed by atoms with van der Waals surface area (Å²) in [5.74, 6) is 0.934. The normalized spacial score (nSPS) is 18.1. The molecule has 1 aliphatic rings. The smallest absolute Gasteiger partial charge is 0.287 e. The predicted molar refractivity (Wildman–Crippen MR) is 135 cm³/mol. The van der Waals surface area contributed by atoms with Crippen molar-refractivity contribution in [1.82, 2.24) is 15.3 Å². The molecule has 3 aromatic rings. The molecule has 4 rings (SSSR count). The third-order valence-electron chi connectivity index (χ3n) is 6.12. The van der Waals surface area contributed by atoms with Crippen LogP contribution < -0.4 is 15.6 Å². The van der Waals surface area contributed by atoms with Gasteiger partial charge in [0.05, 0.1) is 24.9 Å². The molecule has 0 spiro atoms. The van der Waals surface area contributed by atoms with Gasteiger partial charge in [0.15, 0.2) is 0 Å². The third-order valence-corrected chi connectivity index (χ3v) is 8.12. The maximum absolute atomic E-state index is 12.7. The van der Waals surface area contributed by atoms with Crippen LogP contribution in [0.15, 0.2) is 34.4 Å². The molecule has 2 atom stereocenters. The van der Waals surface area contributed by atoms with Crippen LogP contribution in [0.1, 0.15) is 41.0 Å². The summed E-state index contributed by atoms with van der Waals surface area (Å²) < 4.78 is 34.1. The molecule has 0 bridgehead atoms. The lowest BCUT2D eigenvalue weighted by Crippen LogP contribution is -2.27. The van der Waals surface area contributed by atoms with Crippen LogP contribution in [-0.2, 0) is 27.7 Å². The van der Waals surface area contributed by atoms with E-state index in [1.54, 1.807) is 7.11 Å². The minimum atomic E-state index is -2.96. The first kappa shape index (κ1) is 25.3. The van der Waals surface area contributed by atoms with Gasteiger partial charge in [-0.25, -0.2) is 13.4 Å². The number of amides is 1. The quantitative estimate of drug-likeness (QED) is 0.422. The number of ether oxygens (including phenoxy) is 2. The van der Waals surface area contributed by atoms with Gasteiger partial charge in [-0.05, 0) is 54.2 Å². The van der Waals surface area contributed by atoms with Crippen LogP contribution in [0.2, 0.25) is 0 Å². The Kier molecular flexibility index (Phi) is 7.88. The van der Waals surface area contributed by atoms with Gasteiger partial charge in [0, 0.05) is 25.0 Å². The summed E-state index contributed by atoms with van der Waals surface area (Å²) in [6.07, 6.45) is 3.96. The molecule has 1 saturated carbocycles. The molecule has 1 aromatic carbocycles. The Morgan fingerprint density at radius 2 is 2.09 bits per heavy atom. The zero-order valence-corrected chi connectivity index (χ0v) is 21.3. The van der Waals surface area contributed by atoms with Gasteiger partial charge in [-0.2, -0.15) is 0 Å². The van der Waals surface area contributed by atoms with Crippen molar-refractivity contribution in [3.05, 3.63) is 57.0 Å². The van der Waals surface area contributed by atoms with E-state index < -0.39 is 15.7 Å². The standard InChI is InChI=1S/C24H29N3O6S2/c1-32-19-5-3-4-15(9-19)10-25-23(29)21-26-22(28)20-18(13-34-24(20)27-21)12-33-11-16-6-7-17(8-16)14-35(2,30)31/h3-5,9,13,16-17H,6-8,10-12,14H2,1-2H3,(H,25,29)(H,26,27,28). The van der Waals surface area contributed by atoms with Crippen LogP contribution in [0.3, 0.4) is 0 Å². The molecular formula is C24H29N3O6S2. The van der Waals surface area contributed by atoms with Crippen molar-refractivity contribution < 1.29 is 22.7 Å². The molecule has 188 valence electrons. The molecule has 1 amide bonds. The largest absolute Gasteiger partial charge is 0.497 e. The van der Waals surface area contributed by atoms with Crippen LogP contribution in [0.5, 0.6) is 5.75 Å². The number of H-pyrrole nitrogens is 1. The highest BCUT2D eigenvalue weighted by Crippen LogP contribution is 2.32. The molecule has 2 heterocycles. The summed E-state index contributed by atoms with van der Waals surface area (Å²) in [4.78, 5) is 32.7. The van der Waals surface area contributed by atoms with Gasteiger partial charge in [0.2, 0.25) is 5.82 Å². The van der Waals surface area contributed by atoms with Crippen LogP contribution in [0.4, 0.5) is 0 Å². The molecule has 11 heteroatoms. The Morgan fingerprint density at radius 1 is 1.29 bits per heavy atom. The number of thiophene rings is 1. The number of aromatic nitrogens is 2. The number of nitrogens with one attached hydrogen (secondary N) is 2. The molecule has 0 saturated heterocycles. The van der Waals surface area contributed by atoms with Crippen molar-refractivity contribution in [2.75, 3.05) is 25.7 Å². The fourth-order valence-electron chi connectivity index (χ4n) is 4.51. The topological polar surface area (TPSA) is 127 Å². The Balaban J connectivity index is 1.34. The number of carbonyl (C=O) groups is 1. The van der Waals surface area contributed by atoms with E-state index in [1.807, 2.05) is 29.6 Å². The van der Waals surface area contributed by atoms with E-state index in [-0.39, 0.29) is 36.2 Å². The highest BCUT2D eigenvalue weighted by molar-refractivity contribution is 7.90. The van der Waals surface area contributed by atoms with Gasteiger partial charge < -0.3 is 19.8 Å². The second kappa shape index (κ2) is 10.9. The molecule has 2 unspecified atom stereocenters. The Hall–Kier alpha value is -2.76. The van der Waals surface area contributed by atoms with E-state index in [1.165, 1.54) is 17.6 Å². The zero-order valence-electron chi connectivity index (χ0n) is 19.7. The number of methoxy groups -OCH3 is 1. The first-order valence-electron chi connectivity index (χ1n) is 11.4. The third kappa shape index (κ3) is 6.68. The lowest BCUT2D eigenvalue weighted by atomic mass is 10.1. The van der Waals surface area contributed by atoms with Crippen molar-refractivity contribution in [2.24, 2.45) is 11.8 Å². The van der Waals surface area contributed by atoms with E-state index in [4.69, 9.17) is 9.47 Å². The van der Waals surface area contributed by atoms with E-state index in [0.29, 0.717) is 28.5 Å². The van der Waals surface area contributed by atoms with Gasteiger partial charge >= 0.3 is 0 Å². The van der Waals surface area contributed by atoms with Crippen molar-refractivity contribution in [2.45, 2.75) is 32.4 Å². The Morgan fingerprint density at radius 3 is 2.86 bits per heavy atom. The molecule has 2 N–H and O–H groups in total. The minimum absolute atomic E-state index is 0.0393. The average molecular weight is 520 g/mol. The molecular weight excluding hydrogens is 490 g/mol. The SMILES string of the molecule is COc1cccc(CNC(=O)c2nc3scc(COCC4CCC(CS(C)(=O)=O)C4)c3c(=O)[nH]2)c1. The monoisotopic (exact) mass is 519 g/mol. The average Bonchev–Trinajstić information content (AvgIpc) is 3.43. The number of hydrogen-bond donors (Lipinski definition) is 2. The van der Waals surface area contributed by atoms with Crippen molar-refractivity contribution >= 4 is 37.3 Å².